The van der Waals surface area contributed by atoms with Crippen molar-refractivity contribution in [3.63, 3.8) is 0 Å². The minimum absolute atomic E-state index is 0.810. The van der Waals surface area contributed by atoms with Gasteiger partial charge >= 0.3 is 0 Å². The molecule has 0 fully saturated rings. The van der Waals surface area contributed by atoms with Crippen LogP contribution in [0, 0.1) is 0 Å². The Morgan fingerprint density at radius 3 is 2.17 bits per heavy atom. The Morgan fingerprint density at radius 1 is 0.667 bits per heavy atom. The van der Waals surface area contributed by atoms with Crippen LogP contribution in [0.4, 0.5) is 5.69 Å². The fraction of sp³-hybridized carbons (Fsp3) is 0. The molecule has 0 saturated carbocycles. The summed E-state index contributed by atoms with van der Waals surface area (Å²) in [6.07, 6.45) is 0. The molecule has 2 N–H and O–H groups in total. The van der Waals surface area contributed by atoms with Gasteiger partial charge < -0.3 is 5.73 Å². The first-order valence-corrected chi connectivity index (χ1v) is 6.59. The second kappa shape index (κ2) is 4.46. The molecule has 0 atom stereocenters. The van der Waals surface area contributed by atoms with Crippen molar-refractivity contribution in [2.24, 2.45) is 0 Å². The highest BCUT2D eigenvalue weighted by molar-refractivity contribution is 9.10. The van der Waals surface area contributed by atoms with Crippen LogP contribution in [0.25, 0.3) is 21.9 Å². The zero-order chi connectivity index (χ0) is 12.5. The Bertz CT molecular complexity index is 719. The van der Waals surface area contributed by atoms with Crippen molar-refractivity contribution < 1.29 is 0 Å². The SMILES string of the molecule is Nc1ccccc1-c1cccc2c(Br)cccc12. The van der Waals surface area contributed by atoms with Gasteiger partial charge in [-0.25, -0.2) is 0 Å². The van der Waals surface area contributed by atoms with Crippen molar-refractivity contribution in [2.75, 3.05) is 5.73 Å². The second-order valence-electron chi connectivity index (χ2n) is 4.23. The Labute approximate surface area is 114 Å². The fourth-order valence-electron chi connectivity index (χ4n) is 2.25. The molecule has 0 bridgehead atoms. The largest absolute Gasteiger partial charge is 0.398 e. The number of halogens is 1. The number of benzene rings is 3. The Morgan fingerprint density at radius 2 is 1.33 bits per heavy atom. The van der Waals surface area contributed by atoms with Crippen LogP contribution in [-0.4, -0.2) is 0 Å². The lowest BCUT2D eigenvalue weighted by atomic mass is 9.97. The van der Waals surface area contributed by atoms with Crippen LogP contribution >= 0.6 is 15.9 Å². The maximum atomic E-state index is 6.07. The maximum absolute atomic E-state index is 6.07. The molecule has 18 heavy (non-hydrogen) atoms. The van der Waals surface area contributed by atoms with E-state index in [4.69, 9.17) is 5.73 Å². The van der Waals surface area contributed by atoms with Gasteiger partial charge in [-0.05, 0) is 28.5 Å². The predicted molar refractivity (Wildman–Crippen MR) is 81.5 cm³/mol. The smallest absolute Gasteiger partial charge is 0.0393 e. The number of nitrogen functional groups attached to an aromatic ring is 1. The van der Waals surface area contributed by atoms with Gasteiger partial charge in [-0.1, -0.05) is 64.5 Å². The number of fused-ring (bicyclic) bond motifs is 1. The second-order valence-corrected chi connectivity index (χ2v) is 5.08. The molecule has 0 aliphatic heterocycles. The van der Waals surface area contributed by atoms with Gasteiger partial charge in [0.1, 0.15) is 0 Å². The van der Waals surface area contributed by atoms with Crippen LogP contribution in [0.15, 0.2) is 65.1 Å². The highest BCUT2D eigenvalue weighted by Crippen LogP contribution is 2.34. The van der Waals surface area contributed by atoms with Gasteiger partial charge in [0.15, 0.2) is 0 Å². The van der Waals surface area contributed by atoms with Crippen LogP contribution in [0.5, 0.6) is 0 Å². The highest BCUT2D eigenvalue weighted by Gasteiger charge is 2.07. The van der Waals surface area contributed by atoms with Gasteiger partial charge in [-0.15, -0.1) is 0 Å². The quantitative estimate of drug-likeness (QED) is 0.638. The molecule has 0 spiro atoms. The highest BCUT2D eigenvalue weighted by atomic mass is 79.9. The van der Waals surface area contributed by atoms with Crippen LogP contribution in [0.1, 0.15) is 0 Å². The molecule has 3 rings (SSSR count). The Balaban J connectivity index is 2.37. The number of nitrogens with two attached hydrogens (primary N) is 1. The summed E-state index contributed by atoms with van der Waals surface area (Å²) in [6, 6.07) is 20.5. The summed E-state index contributed by atoms with van der Waals surface area (Å²) in [7, 11) is 0. The zero-order valence-electron chi connectivity index (χ0n) is 9.73. The first-order valence-electron chi connectivity index (χ1n) is 5.79. The summed E-state index contributed by atoms with van der Waals surface area (Å²) >= 11 is 3.59. The molecular weight excluding hydrogens is 286 g/mol. The predicted octanol–water partition coefficient (Wildman–Crippen LogP) is 4.85. The fourth-order valence-corrected chi connectivity index (χ4v) is 2.75. The zero-order valence-corrected chi connectivity index (χ0v) is 11.3. The third-order valence-electron chi connectivity index (χ3n) is 3.12. The summed E-state index contributed by atoms with van der Waals surface area (Å²) in [5.41, 5.74) is 9.14. The molecule has 0 heterocycles. The molecule has 88 valence electrons. The van der Waals surface area contributed by atoms with Crippen LogP contribution in [0.3, 0.4) is 0 Å². The molecule has 3 aromatic rings. The van der Waals surface area contributed by atoms with Gasteiger partial charge in [0.05, 0.1) is 0 Å². The van der Waals surface area contributed by atoms with E-state index in [-0.39, 0.29) is 0 Å². The molecule has 0 aliphatic carbocycles. The van der Waals surface area contributed by atoms with E-state index in [2.05, 4.69) is 58.4 Å². The van der Waals surface area contributed by atoms with Crippen LogP contribution < -0.4 is 5.73 Å². The van der Waals surface area contributed by atoms with E-state index in [0.717, 1.165) is 15.7 Å². The monoisotopic (exact) mass is 297 g/mol. The maximum Gasteiger partial charge on any atom is 0.0393 e. The van der Waals surface area contributed by atoms with E-state index in [1.807, 2.05) is 18.2 Å². The average Bonchev–Trinajstić information content (AvgIpc) is 2.40. The number of rotatable bonds is 1. The van der Waals surface area contributed by atoms with Crippen molar-refractivity contribution in [3.8, 4) is 11.1 Å². The minimum atomic E-state index is 0.810. The summed E-state index contributed by atoms with van der Waals surface area (Å²) in [5.74, 6) is 0. The summed E-state index contributed by atoms with van der Waals surface area (Å²) < 4.78 is 1.11. The topological polar surface area (TPSA) is 26.0 Å². The van der Waals surface area contributed by atoms with Gasteiger partial charge in [-0.2, -0.15) is 0 Å². The molecule has 3 aromatic carbocycles. The average molecular weight is 298 g/mol. The van der Waals surface area contributed by atoms with Crippen molar-refractivity contribution >= 4 is 32.4 Å². The van der Waals surface area contributed by atoms with Crippen molar-refractivity contribution in [3.05, 3.63) is 65.1 Å². The van der Waals surface area contributed by atoms with Crippen LogP contribution in [-0.2, 0) is 0 Å². The van der Waals surface area contributed by atoms with Gasteiger partial charge in [0, 0.05) is 15.7 Å². The number of para-hydroxylation sites is 1. The molecule has 1 nitrogen and oxygen atoms in total. The summed E-state index contributed by atoms with van der Waals surface area (Å²) in [4.78, 5) is 0. The number of hydrogen-bond donors (Lipinski definition) is 1. The third-order valence-corrected chi connectivity index (χ3v) is 3.81. The molecule has 0 aliphatic rings. The molecule has 0 aromatic heterocycles. The number of hydrogen-bond acceptors (Lipinski definition) is 1. The first kappa shape index (κ1) is 11.3. The lowest BCUT2D eigenvalue weighted by Gasteiger charge is -2.10. The molecule has 0 radical (unpaired) electrons. The van der Waals surface area contributed by atoms with E-state index in [1.54, 1.807) is 0 Å². The minimum Gasteiger partial charge on any atom is -0.398 e. The summed E-state index contributed by atoms with van der Waals surface area (Å²) in [5, 5.41) is 2.42. The van der Waals surface area contributed by atoms with Gasteiger partial charge in [0.2, 0.25) is 0 Å². The van der Waals surface area contributed by atoms with Crippen LogP contribution in [0.2, 0.25) is 0 Å². The van der Waals surface area contributed by atoms with E-state index in [0.29, 0.717) is 0 Å². The normalized spacial score (nSPS) is 10.7. The Kier molecular flexibility index (Phi) is 2.80. The molecule has 2 heteroatoms. The molecular formula is C16H12BrN. The van der Waals surface area contributed by atoms with Gasteiger partial charge in [-0.3, -0.25) is 0 Å². The molecule has 0 unspecified atom stereocenters. The Hall–Kier alpha value is -1.80. The standard InChI is InChI=1S/C16H12BrN/c17-15-9-4-7-11-12(6-3-8-13(11)15)14-5-1-2-10-16(14)18/h1-10H,18H2. The van der Waals surface area contributed by atoms with Crippen molar-refractivity contribution in [2.45, 2.75) is 0 Å². The first-order chi connectivity index (χ1) is 8.77. The van der Waals surface area contributed by atoms with Gasteiger partial charge in [0.25, 0.3) is 0 Å². The van der Waals surface area contributed by atoms with E-state index in [1.165, 1.54) is 16.3 Å². The van der Waals surface area contributed by atoms with Crippen molar-refractivity contribution in [1.82, 2.24) is 0 Å². The molecule has 0 amide bonds. The lowest BCUT2D eigenvalue weighted by molar-refractivity contribution is 1.63. The van der Waals surface area contributed by atoms with E-state index in [9.17, 15) is 0 Å². The number of anilines is 1. The third kappa shape index (κ3) is 1.79. The van der Waals surface area contributed by atoms with E-state index >= 15 is 0 Å². The van der Waals surface area contributed by atoms with Crippen molar-refractivity contribution in [1.29, 1.82) is 0 Å². The lowest BCUT2D eigenvalue weighted by Crippen LogP contribution is -1.90. The van der Waals surface area contributed by atoms with E-state index < -0.39 is 0 Å². The molecule has 0 saturated heterocycles. The summed E-state index contributed by atoms with van der Waals surface area (Å²) in [6.45, 7) is 0.